The average Bonchev–Trinajstić information content (AvgIpc) is 0.707. The van der Waals surface area contributed by atoms with E-state index in [9.17, 15) is 80.1 Å². The van der Waals surface area contributed by atoms with E-state index in [2.05, 4.69) is 62.5 Å². The number of aromatic nitrogens is 5. The monoisotopic (exact) mass is 1730 g/mol. The number of rotatable bonds is 17. The van der Waals surface area contributed by atoms with Gasteiger partial charge in [0, 0.05) is 54.2 Å². The molecule has 5 aromatic rings. The van der Waals surface area contributed by atoms with Crippen LogP contribution < -0.4 is 20.9 Å². The topological polar surface area (TPSA) is 347 Å². The first-order valence-electron chi connectivity index (χ1n) is 35.3. The largest absolute Gasteiger partial charge is 0.460 e. The molecule has 6 aliphatic heterocycles. The van der Waals surface area contributed by atoms with E-state index in [-0.39, 0.29) is 79.5 Å². The van der Waals surface area contributed by atoms with Crippen LogP contribution in [0.1, 0.15) is 185 Å². The van der Waals surface area contributed by atoms with Crippen LogP contribution in [-0.2, 0) is 77.7 Å². The quantitative estimate of drug-likeness (QED) is 0.0496. The summed E-state index contributed by atoms with van der Waals surface area (Å²) in [6.07, 6.45) is -2.66. The average molecular weight is 1730 g/mol. The molecule has 0 bridgehead atoms. The van der Waals surface area contributed by atoms with Crippen LogP contribution in [0.2, 0.25) is 10.0 Å². The highest BCUT2D eigenvalue weighted by Crippen LogP contribution is 2.54. The van der Waals surface area contributed by atoms with Crippen LogP contribution in [0, 0.1) is 17.5 Å². The maximum atomic E-state index is 15.6. The number of carbonyl (C=O) groups excluding carboxylic acids is 4. The minimum atomic E-state index is -3.65. The number of ether oxygens (including phenoxy) is 4. The lowest BCUT2D eigenvalue weighted by molar-refractivity contribution is -0.154. The maximum absolute atomic E-state index is 15.6. The van der Waals surface area contributed by atoms with Gasteiger partial charge in [0.25, 0.3) is 17.8 Å². The number of halogens is 15. The number of hydrogen-bond acceptors (Lipinski definition) is 24. The summed E-state index contributed by atoms with van der Waals surface area (Å²) in [5.74, 6) is -16.3. The second kappa shape index (κ2) is 31.6. The van der Waals surface area contributed by atoms with Crippen LogP contribution >= 0.6 is 23.2 Å². The number of Topliss-reactive ketones (excluding diaryl/α,β-unsaturated/α-hetero) is 2. The smallest absolute Gasteiger partial charge is 0.387 e. The lowest BCUT2D eigenvalue weighted by atomic mass is 9.87. The molecule has 0 saturated heterocycles. The fourth-order valence-electron chi connectivity index (χ4n) is 14.1. The molecular formula is C73H84Cl2F13N13O11S3. The van der Waals surface area contributed by atoms with E-state index in [1.807, 2.05) is 0 Å². The molecule has 0 unspecified atom stereocenters. The fraction of sp³-hybridized carbons (Fsp3) is 0.562. The number of ketones is 2. The number of alkyl halides is 10. The maximum Gasteiger partial charge on any atom is 0.387 e. The number of carbonyl (C=O) groups is 4. The molecule has 0 saturated carbocycles. The summed E-state index contributed by atoms with van der Waals surface area (Å²) in [5, 5.41) is -4.87. The number of nitrogens with two attached hydrogens (primary N) is 2. The van der Waals surface area contributed by atoms with Crippen LogP contribution in [0.25, 0.3) is 0 Å². The van der Waals surface area contributed by atoms with E-state index < -0.39 is 228 Å². The normalized spacial score (nSPS) is 27.8. The zero-order valence-corrected chi connectivity index (χ0v) is 68.7. The molecule has 115 heavy (non-hydrogen) atoms. The van der Waals surface area contributed by atoms with E-state index in [0.717, 1.165) is 42.7 Å². The van der Waals surface area contributed by atoms with Crippen molar-refractivity contribution in [3.8, 4) is 11.5 Å². The number of amidine groups is 1. The summed E-state index contributed by atoms with van der Waals surface area (Å²) < 4.78 is 253. The third-order valence-electron chi connectivity index (χ3n) is 20.1. The molecule has 4 N–H and O–H groups in total. The van der Waals surface area contributed by atoms with E-state index in [1.54, 1.807) is 55.4 Å². The number of nitrogens with zero attached hydrogens (tertiary/aromatic N) is 11. The molecule has 0 fully saturated rings. The van der Waals surface area contributed by atoms with Crippen molar-refractivity contribution in [2.24, 2.45) is 33.8 Å². The Hall–Kier alpha value is -8.24. The van der Waals surface area contributed by atoms with Crippen LogP contribution in [0.5, 0.6) is 11.5 Å². The number of nitrogen functional groups attached to an aromatic ring is 1. The van der Waals surface area contributed by atoms with Crippen LogP contribution in [0.3, 0.4) is 0 Å². The van der Waals surface area contributed by atoms with Crippen molar-refractivity contribution in [2.75, 3.05) is 25.4 Å². The predicted octanol–water partition coefficient (Wildman–Crippen LogP) is 14.7. The van der Waals surface area contributed by atoms with Crippen molar-refractivity contribution in [3.63, 3.8) is 0 Å². The summed E-state index contributed by atoms with van der Waals surface area (Å²) in [6, 6.07) is 8.58. The standard InChI is InChI=1S/C29H32ClF5N4O5S.C23H23ClF5N5O3S.C21H29F3N4O3S/c1-26(2,3)44-22(41)11-20-27(4,5)45(42)21(12-29(34,35)14-37-45)28(6,39-20)24-18(31)8-7-15(38-24)9-19(40)23-17(30)10-16(13-36-23)43-25(32)33;1-21(2)19(30)34-22(3,16-8-23(28,29)10-32-38(16,21)36)18-14(25)5-4-11(33-18)6-15(35)17-13(24)7-12(9-31-17)37-20(26)27;1-18(2,3)31-16(29)9-13-19(4,5)32(30)14(10-21(23,24)11-26-32)20(6,28-13)17-12(22)7-8-15(25)27-17/h7-8,10,13,21,25H,9,11-12,14H2,1-6H3;4-5,7,9,16,20H,6,8,10H2,1-3H3,(H2,30,34);7-8,14H,9-11H2,1-6H3,(H2,25,27)/t21-,28+,45-;16-,22+,38-;14-,20+,32-/m111/s1. The second-order valence-electron chi connectivity index (χ2n) is 32.1. The lowest BCUT2D eigenvalue weighted by Crippen LogP contribution is -2.62. The Bertz CT molecular complexity index is 5250. The molecule has 24 nitrogen and oxygen atoms in total. The van der Waals surface area contributed by atoms with Gasteiger partial charge in [0.05, 0.1) is 103 Å². The highest BCUT2D eigenvalue weighted by atomic mass is 35.5. The van der Waals surface area contributed by atoms with Gasteiger partial charge in [0.15, 0.2) is 11.6 Å². The van der Waals surface area contributed by atoms with E-state index >= 15 is 8.78 Å². The molecule has 9 atom stereocenters. The lowest BCUT2D eigenvalue weighted by Gasteiger charge is -2.49. The molecule has 11 heterocycles. The number of fused-ring (bicyclic) bond motifs is 3. The van der Waals surface area contributed by atoms with Crippen molar-refractivity contribution >= 4 is 99.0 Å². The summed E-state index contributed by atoms with van der Waals surface area (Å²) in [7, 11) is -10.6. The predicted molar refractivity (Wildman–Crippen MR) is 403 cm³/mol. The molecule has 0 amide bonds. The van der Waals surface area contributed by atoms with Gasteiger partial charge in [0.2, 0.25) is 0 Å². The van der Waals surface area contributed by atoms with Gasteiger partial charge in [-0.25, -0.2) is 80.2 Å². The fourth-order valence-corrected chi connectivity index (χ4v) is 24.4. The van der Waals surface area contributed by atoms with Gasteiger partial charge in [-0.1, -0.05) is 23.2 Å². The first kappa shape index (κ1) is 90.7. The van der Waals surface area contributed by atoms with Gasteiger partial charge in [-0.2, -0.15) is 17.6 Å². The number of pyridine rings is 5. The molecule has 0 aromatic carbocycles. The molecule has 42 heteroatoms. The van der Waals surface area contributed by atoms with Gasteiger partial charge in [-0.05, 0) is 140 Å². The molecule has 11 rings (SSSR count). The molecule has 630 valence electrons. The zero-order chi connectivity index (χ0) is 86.3. The van der Waals surface area contributed by atoms with Crippen molar-refractivity contribution < 1.29 is 108 Å². The van der Waals surface area contributed by atoms with Gasteiger partial charge >= 0.3 is 25.2 Å². The SMILES string of the molecule is CC(C)(C)OC(=O)CC1=N[C@](C)(c2nc(CC(=O)c3ncc(OC(F)F)cc3Cl)ccc2F)[C@H]2CC(F)(F)CN=[S@]2(=O)C1(C)C.CC(C)(C)OC(=O)CC1=N[C@](C)(c2nc(N)ccc2F)[C@H]2CC(F)(F)CN=[S@]2(=O)C1(C)C.CC1(C)C(N)=N[C@](C)(c2nc(CC(=O)c3ncc(OC(F)F)cc3Cl)ccc2F)[C@H]2CC(F)(F)CN=[S@@]21=O. The third kappa shape index (κ3) is 18.4. The van der Waals surface area contributed by atoms with E-state index in [1.165, 1.54) is 66.7 Å². The molecule has 6 aliphatic rings. The highest BCUT2D eigenvalue weighted by Gasteiger charge is 2.65. The number of esters is 2. The van der Waals surface area contributed by atoms with Gasteiger partial charge in [-0.15, -0.1) is 0 Å². The number of aliphatic imine (C=N–C) groups is 3. The molecule has 0 radical (unpaired) electrons. The number of anilines is 1. The summed E-state index contributed by atoms with van der Waals surface area (Å²) in [4.78, 5) is 85.0. The second-order valence-corrected chi connectivity index (χ2v) is 41.9. The minimum absolute atomic E-state index is 0.00279. The summed E-state index contributed by atoms with van der Waals surface area (Å²) in [5.41, 5.74) is 2.87. The third-order valence-corrected chi connectivity index (χ3v) is 31.5. The van der Waals surface area contributed by atoms with Gasteiger partial charge < -0.3 is 30.4 Å². The van der Waals surface area contributed by atoms with Crippen LogP contribution in [-0.4, -0.2) is 170 Å². The Morgan fingerprint density at radius 3 is 1.12 bits per heavy atom. The Balaban J connectivity index is 0.000000200. The summed E-state index contributed by atoms with van der Waals surface area (Å²) in [6.45, 7) is 14.0. The Morgan fingerprint density at radius 2 is 0.800 bits per heavy atom. The number of hydrogen-bond donors (Lipinski definition) is 2. The van der Waals surface area contributed by atoms with Gasteiger partial charge in [-0.3, -0.25) is 44.1 Å². The highest BCUT2D eigenvalue weighted by molar-refractivity contribution is 7.97. The summed E-state index contributed by atoms with van der Waals surface area (Å²) >= 11 is 12.1. The first-order valence-corrected chi connectivity index (χ1v) is 40.7. The molecule has 5 aromatic heterocycles. The molecule has 0 spiro atoms. The molecule has 0 aliphatic carbocycles. The van der Waals surface area contributed by atoms with Crippen molar-refractivity contribution in [3.05, 3.63) is 128 Å². The van der Waals surface area contributed by atoms with Crippen molar-refractivity contribution in [1.82, 2.24) is 24.9 Å². The Morgan fingerprint density at radius 1 is 0.487 bits per heavy atom. The minimum Gasteiger partial charge on any atom is -0.460 e. The molecular weight excluding hydrogens is 1650 g/mol. The Labute approximate surface area is 664 Å². The van der Waals surface area contributed by atoms with Crippen LogP contribution in [0.4, 0.5) is 62.9 Å². The van der Waals surface area contributed by atoms with Crippen LogP contribution in [0.15, 0.2) is 89.0 Å². The Kier molecular flexibility index (Phi) is 24.9. The zero-order valence-electron chi connectivity index (χ0n) is 64.7. The van der Waals surface area contributed by atoms with Crippen molar-refractivity contribution in [1.29, 1.82) is 0 Å². The van der Waals surface area contributed by atoms with E-state index in [0.29, 0.717) is 0 Å². The van der Waals surface area contributed by atoms with Crippen molar-refractivity contribution in [2.45, 2.75) is 238 Å². The first-order chi connectivity index (χ1) is 52.5. The van der Waals surface area contributed by atoms with E-state index in [4.69, 9.17) is 44.1 Å². The van der Waals surface area contributed by atoms with Gasteiger partial charge in [0.1, 0.15) is 121 Å².